The largest absolute Gasteiger partial charge is 0.504 e. The predicted molar refractivity (Wildman–Crippen MR) is 96.0 cm³/mol. The Morgan fingerprint density at radius 1 is 0.840 bits per heavy atom. The Morgan fingerprint density at radius 3 is 2.08 bits per heavy atom. The van der Waals surface area contributed by atoms with Gasteiger partial charge in [-0.1, -0.05) is 0 Å². The first-order valence-electron chi connectivity index (χ1n) is 7.35. The zero-order valence-corrected chi connectivity index (χ0v) is 14.8. The van der Waals surface area contributed by atoms with E-state index in [1.165, 1.54) is 23.5 Å². The quantitative estimate of drug-likeness (QED) is 0.672. The molecule has 2 N–H and O–H groups in total. The van der Waals surface area contributed by atoms with Gasteiger partial charge in [-0.2, -0.15) is 0 Å². The summed E-state index contributed by atoms with van der Waals surface area (Å²) in [6.07, 6.45) is 0. The van der Waals surface area contributed by atoms with Gasteiger partial charge in [0.25, 0.3) is 0 Å². The number of nitrogens with zero attached hydrogens (tertiary/aromatic N) is 1. The molecule has 1 heterocycles. The van der Waals surface area contributed by atoms with Crippen LogP contribution in [-0.2, 0) is 0 Å². The highest BCUT2D eigenvalue weighted by Crippen LogP contribution is 2.42. The number of benzene rings is 2. The number of ether oxygens (including phenoxy) is 3. The molecule has 3 rings (SSSR count). The Hall–Kier alpha value is -2.93. The van der Waals surface area contributed by atoms with Crippen molar-refractivity contribution in [2.24, 2.45) is 0 Å². The minimum atomic E-state index is -0.181. The van der Waals surface area contributed by atoms with Gasteiger partial charge in [0.2, 0.25) is 5.75 Å². The van der Waals surface area contributed by atoms with Gasteiger partial charge in [-0.3, -0.25) is 0 Å². The lowest BCUT2D eigenvalue weighted by molar-refractivity contribution is 0.324. The molecule has 0 fully saturated rings. The molecule has 0 aliphatic rings. The Labute approximate surface area is 148 Å². The molecule has 0 atom stereocenters. The number of phenolic OH excluding ortho intramolecular Hbond substituents is 2. The number of methoxy groups -OCH3 is 3. The third-order valence-corrected chi connectivity index (χ3v) is 4.58. The van der Waals surface area contributed by atoms with Crippen LogP contribution in [-0.4, -0.2) is 36.5 Å². The van der Waals surface area contributed by atoms with Crippen LogP contribution in [0.4, 0.5) is 0 Å². The van der Waals surface area contributed by atoms with E-state index in [1.54, 1.807) is 27.4 Å². The van der Waals surface area contributed by atoms with E-state index < -0.39 is 0 Å². The molecule has 7 heteroatoms. The summed E-state index contributed by atoms with van der Waals surface area (Å²) in [5.74, 6) is 1.28. The molecule has 0 bridgehead atoms. The molecule has 2 aromatic carbocycles. The standard InChI is InChI=1S/C18H17NO5S/c1-22-15-7-11(8-16(23-2)17(15)24-3)18-19-12(9-25-18)10-4-5-13(20)14(21)6-10/h4-9,20-21H,1-3H3. The van der Waals surface area contributed by atoms with Crippen molar-refractivity contribution in [2.45, 2.75) is 0 Å². The maximum Gasteiger partial charge on any atom is 0.203 e. The molecule has 0 radical (unpaired) electrons. The Morgan fingerprint density at radius 2 is 1.52 bits per heavy atom. The summed E-state index contributed by atoms with van der Waals surface area (Å²) in [5.41, 5.74) is 2.24. The summed E-state index contributed by atoms with van der Waals surface area (Å²) in [7, 11) is 4.68. The Balaban J connectivity index is 2.03. The molecule has 0 saturated carbocycles. The molecule has 25 heavy (non-hydrogen) atoms. The van der Waals surface area contributed by atoms with Gasteiger partial charge in [0.15, 0.2) is 23.0 Å². The van der Waals surface area contributed by atoms with Crippen molar-refractivity contribution < 1.29 is 24.4 Å². The van der Waals surface area contributed by atoms with E-state index in [1.807, 2.05) is 17.5 Å². The summed E-state index contributed by atoms with van der Waals surface area (Å²) >= 11 is 1.45. The maximum atomic E-state index is 9.66. The van der Waals surface area contributed by atoms with Crippen molar-refractivity contribution in [2.75, 3.05) is 21.3 Å². The molecule has 130 valence electrons. The lowest BCUT2D eigenvalue weighted by Crippen LogP contribution is -1.95. The fraction of sp³-hybridized carbons (Fsp3) is 0.167. The van der Waals surface area contributed by atoms with Crippen LogP contribution in [0.2, 0.25) is 0 Å². The zero-order valence-electron chi connectivity index (χ0n) is 13.9. The molecule has 6 nitrogen and oxygen atoms in total. The van der Waals surface area contributed by atoms with E-state index in [0.717, 1.165) is 10.6 Å². The minimum absolute atomic E-state index is 0.163. The van der Waals surface area contributed by atoms with Crippen LogP contribution in [0.15, 0.2) is 35.7 Å². The van der Waals surface area contributed by atoms with Gasteiger partial charge in [-0.05, 0) is 30.3 Å². The fourth-order valence-electron chi connectivity index (χ4n) is 2.43. The molecule has 0 saturated heterocycles. The first-order valence-corrected chi connectivity index (χ1v) is 8.23. The lowest BCUT2D eigenvalue weighted by atomic mass is 10.1. The van der Waals surface area contributed by atoms with Crippen LogP contribution in [0.25, 0.3) is 21.8 Å². The van der Waals surface area contributed by atoms with Crippen molar-refractivity contribution in [3.8, 4) is 50.6 Å². The second-order valence-corrected chi connectivity index (χ2v) is 6.01. The van der Waals surface area contributed by atoms with Crippen molar-refractivity contribution in [3.63, 3.8) is 0 Å². The highest BCUT2D eigenvalue weighted by atomic mass is 32.1. The van der Waals surface area contributed by atoms with E-state index in [0.29, 0.717) is 28.5 Å². The number of aromatic hydroxyl groups is 2. The predicted octanol–water partition coefficient (Wildman–Crippen LogP) is 3.91. The van der Waals surface area contributed by atoms with Gasteiger partial charge in [0, 0.05) is 16.5 Å². The van der Waals surface area contributed by atoms with Crippen molar-refractivity contribution in [1.82, 2.24) is 4.98 Å². The van der Waals surface area contributed by atoms with Crippen LogP contribution >= 0.6 is 11.3 Å². The van der Waals surface area contributed by atoms with Gasteiger partial charge in [0.1, 0.15) is 5.01 Å². The summed E-state index contributed by atoms with van der Waals surface area (Å²) in [6, 6.07) is 8.27. The molecule has 0 aliphatic carbocycles. The first kappa shape index (κ1) is 16.9. The van der Waals surface area contributed by atoms with Crippen molar-refractivity contribution >= 4 is 11.3 Å². The van der Waals surface area contributed by atoms with Gasteiger partial charge >= 0.3 is 0 Å². The normalized spacial score (nSPS) is 10.5. The monoisotopic (exact) mass is 359 g/mol. The zero-order chi connectivity index (χ0) is 18.0. The lowest BCUT2D eigenvalue weighted by Gasteiger charge is -2.13. The van der Waals surface area contributed by atoms with Crippen LogP contribution in [0.3, 0.4) is 0 Å². The van der Waals surface area contributed by atoms with Crippen LogP contribution in [0.5, 0.6) is 28.7 Å². The average molecular weight is 359 g/mol. The number of aromatic nitrogens is 1. The van der Waals surface area contributed by atoms with E-state index in [9.17, 15) is 10.2 Å². The highest BCUT2D eigenvalue weighted by molar-refractivity contribution is 7.13. The molecular weight excluding hydrogens is 342 g/mol. The van der Waals surface area contributed by atoms with E-state index in [4.69, 9.17) is 14.2 Å². The van der Waals surface area contributed by atoms with Gasteiger partial charge in [-0.25, -0.2) is 4.98 Å². The van der Waals surface area contributed by atoms with E-state index in [2.05, 4.69) is 4.98 Å². The molecular formula is C18H17NO5S. The maximum absolute atomic E-state index is 9.66. The molecule has 0 amide bonds. The number of phenols is 2. The fourth-order valence-corrected chi connectivity index (χ4v) is 3.24. The summed E-state index contributed by atoms with van der Waals surface area (Å²) in [5, 5.41) is 21.7. The van der Waals surface area contributed by atoms with E-state index in [-0.39, 0.29) is 11.5 Å². The number of thiazole rings is 1. The average Bonchev–Trinajstić information content (AvgIpc) is 3.12. The van der Waals surface area contributed by atoms with Gasteiger partial charge in [-0.15, -0.1) is 11.3 Å². The summed E-state index contributed by atoms with van der Waals surface area (Å²) in [4.78, 5) is 4.60. The van der Waals surface area contributed by atoms with Crippen molar-refractivity contribution in [1.29, 1.82) is 0 Å². The molecule has 1 aromatic heterocycles. The number of hydrogen-bond donors (Lipinski definition) is 2. The Bertz CT molecular complexity index is 881. The number of rotatable bonds is 5. The summed E-state index contributed by atoms with van der Waals surface area (Å²) in [6.45, 7) is 0. The SMILES string of the molecule is COc1cc(-c2nc(-c3ccc(O)c(O)c3)cs2)cc(OC)c1OC. The highest BCUT2D eigenvalue weighted by Gasteiger charge is 2.16. The third kappa shape index (κ3) is 3.18. The van der Waals surface area contributed by atoms with Crippen LogP contribution in [0.1, 0.15) is 0 Å². The second kappa shape index (κ2) is 6.90. The second-order valence-electron chi connectivity index (χ2n) is 5.16. The molecule has 0 spiro atoms. The molecule has 0 unspecified atom stereocenters. The Kier molecular flexibility index (Phi) is 4.67. The minimum Gasteiger partial charge on any atom is -0.504 e. The molecule has 0 aliphatic heterocycles. The number of hydrogen-bond acceptors (Lipinski definition) is 7. The van der Waals surface area contributed by atoms with Gasteiger partial charge in [0.05, 0.1) is 27.0 Å². The smallest absolute Gasteiger partial charge is 0.203 e. The third-order valence-electron chi connectivity index (χ3n) is 3.69. The summed E-state index contributed by atoms with van der Waals surface area (Å²) < 4.78 is 16.1. The molecule has 3 aromatic rings. The van der Waals surface area contributed by atoms with Crippen LogP contribution in [0, 0.1) is 0 Å². The van der Waals surface area contributed by atoms with Gasteiger partial charge < -0.3 is 24.4 Å². The van der Waals surface area contributed by atoms with Crippen LogP contribution < -0.4 is 14.2 Å². The first-order chi connectivity index (χ1) is 12.1. The van der Waals surface area contributed by atoms with E-state index >= 15 is 0 Å². The van der Waals surface area contributed by atoms with Crippen molar-refractivity contribution in [3.05, 3.63) is 35.7 Å². The topological polar surface area (TPSA) is 81.0 Å².